The molecule has 2 aromatic carbocycles. The number of ether oxygens (including phenoxy) is 1. The van der Waals surface area contributed by atoms with Gasteiger partial charge in [0.05, 0.1) is 11.1 Å². The molecule has 1 aliphatic rings. The molecule has 5 nitrogen and oxygen atoms in total. The van der Waals surface area contributed by atoms with Crippen molar-refractivity contribution < 1.29 is 18.7 Å². The lowest BCUT2D eigenvalue weighted by Gasteiger charge is -2.12. The van der Waals surface area contributed by atoms with Crippen LogP contribution in [0.4, 0.5) is 4.39 Å². The first-order chi connectivity index (χ1) is 13.6. The Morgan fingerprint density at radius 3 is 2.68 bits per heavy atom. The van der Waals surface area contributed by atoms with Gasteiger partial charge in [-0.05, 0) is 48.6 Å². The van der Waals surface area contributed by atoms with E-state index < -0.39 is 11.9 Å². The van der Waals surface area contributed by atoms with Crippen molar-refractivity contribution in [3.63, 3.8) is 0 Å². The third-order valence-electron chi connectivity index (χ3n) is 4.86. The number of esters is 1. The zero-order chi connectivity index (χ0) is 19.5. The standard InChI is InChI=1S/C22H19FN2O3/c23-15-10-8-14(9-11-15)12-24-20(26)13-28-22(27)21-16-4-1-2-6-18(16)25-19-7-3-5-17(19)21/h1-2,4,6,8-11H,3,5,7,12-13H2,(H,24,26). The summed E-state index contributed by atoms with van der Waals surface area (Å²) >= 11 is 0. The number of nitrogens with zero attached hydrogens (tertiary/aromatic N) is 1. The van der Waals surface area contributed by atoms with E-state index in [0.717, 1.165) is 47.0 Å². The number of aryl methyl sites for hydroxylation is 1. The summed E-state index contributed by atoms with van der Waals surface area (Å²) in [6, 6.07) is 13.3. The van der Waals surface area contributed by atoms with Crippen LogP contribution in [0.3, 0.4) is 0 Å². The summed E-state index contributed by atoms with van der Waals surface area (Å²) in [6.07, 6.45) is 2.59. The molecule has 0 radical (unpaired) electrons. The van der Waals surface area contributed by atoms with Crippen LogP contribution in [0.2, 0.25) is 0 Å². The lowest BCUT2D eigenvalue weighted by atomic mass is 10.0. The number of carbonyl (C=O) groups is 2. The third-order valence-corrected chi connectivity index (χ3v) is 4.86. The highest BCUT2D eigenvalue weighted by molar-refractivity contribution is 6.05. The molecule has 28 heavy (non-hydrogen) atoms. The number of amides is 1. The molecule has 1 aliphatic carbocycles. The number of hydrogen-bond donors (Lipinski definition) is 1. The summed E-state index contributed by atoms with van der Waals surface area (Å²) in [5.41, 5.74) is 3.90. The van der Waals surface area contributed by atoms with Crippen LogP contribution >= 0.6 is 0 Å². The average molecular weight is 378 g/mol. The quantitative estimate of drug-likeness (QED) is 0.692. The van der Waals surface area contributed by atoms with Gasteiger partial charge in [-0.15, -0.1) is 0 Å². The molecular weight excluding hydrogens is 359 g/mol. The largest absolute Gasteiger partial charge is 0.452 e. The molecule has 0 atom stereocenters. The Labute approximate surface area is 161 Å². The number of aromatic nitrogens is 1. The summed E-state index contributed by atoms with van der Waals surface area (Å²) < 4.78 is 18.2. The van der Waals surface area contributed by atoms with Crippen molar-refractivity contribution in [2.75, 3.05) is 6.61 Å². The van der Waals surface area contributed by atoms with Gasteiger partial charge in [-0.3, -0.25) is 9.78 Å². The van der Waals surface area contributed by atoms with Crippen LogP contribution in [0, 0.1) is 5.82 Å². The van der Waals surface area contributed by atoms with Crippen LogP contribution in [0.15, 0.2) is 48.5 Å². The maximum atomic E-state index is 12.9. The second-order valence-electron chi connectivity index (χ2n) is 6.76. The zero-order valence-electron chi connectivity index (χ0n) is 15.2. The van der Waals surface area contributed by atoms with Crippen LogP contribution in [0.1, 0.15) is 33.6 Å². The summed E-state index contributed by atoms with van der Waals surface area (Å²) in [5, 5.41) is 3.41. The molecule has 0 aliphatic heterocycles. The first-order valence-corrected chi connectivity index (χ1v) is 9.20. The molecule has 1 N–H and O–H groups in total. The minimum Gasteiger partial charge on any atom is -0.452 e. The normalized spacial score (nSPS) is 12.6. The molecule has 3 aromatic rings. The molecule has 6 heteroatoms. The van der Waals surface area contributed by atoms with Gasteiger partial charge in [0.2, 0.25) is 0 Å². The maximum Gasteiger partial charge on any atom is 0.339 e. The second-order valence-corrected chi connectivity index (χ2v) is 6.76. The van der Waals surface area contributed by atoms with Gasteiger partial charge in [-0.2, -0.15) is 0 Å². The predicted octanol–water partition coefficient (Wildman–Crippen LogP) is 3.34. The smallest absolute Gasteiger partial charge is 0.339 e. The van der Waals surface area contributed by atoms with E-state index in [0.29, 0.717) is 5.56 Å². The Bertz CT molecular complexity index is 1050. The van der Waals surface area contributed by atoms with E-state index in [9.17, 15) is 14.0 Å². The number of hydrogen-bond acceptors (Lipinski definition) is 4. The summed E-state index contributed by atoms with van der Waals surface area (Å²) in [5.74, 6) is -1.25. The monoisotopic (exact) mass is 378 g/mol. The molecule has 1 amide bonds. The molecular formula is C22H19FN2O3. The number of halogens is 1. The minimum absolute atomic E-state index is 0.240. The minimum atomic E-state index is -0.506. The fraction of sp³-hybridized carbons (Fsp3) is 0.227. The molecule has 0 unspecified atom stereocenters. The number of para-hydroxylation sites is 1. The van der Waals surface area contributed by atoms with E-state index in [-0.39, 0.29) is 19.0 Å². The van der Waals surface area contributed by atoms with Crippen LogP contribution in [-0.4, -0.2) is 23.5 Å². The van der Waals surface area contributed by atoms with E-state index in [1.165, 1.54) is 12.1 Å². The Balaban J connectivity index is 1.44. The van der Waals surface area contributed by atoms with E-state index in [4.69, 9.17) is 4.74 Å². The number of pyridine rings is 1. The van der Waals surface area contributed by atoms with Crippen molar-refractivity contribution in [1.82, 2.24) is 10.3 Å². The van der Waals surface area contributed by atoms with Crippen LogP contribution in [-0.2, 0) is 28.9 Å². The highest BCUT2D eigenvalue weighted by atomic mass is 19.1. The van der Waals surface area contributed by atoms with Crippen LogP contribution in [0.25, 0.3) is 10.9 Å². The Morgan fingerprint density at radius 1 is 1.07 bits per heavy atom. The topological polar surface area (TPSA) is 68.3 Å². The van der Waals surface area contributed by atoms with Gasteiger partial charge >= 0.3 is 5.97 Å². The Kier molecular flexibility index (Phi) is 5.02. The van der Waals surface area contributed by atoms with Gasteiger partial charge in [0.1, 0.15) is 5.82 Å². The first kappa shape index (κ1) is 18.1. The first-order valence-electron chi connectivity index (χ1n) is 9.20. The highest BCUT2D eigenvalue weighted by Crippen LogP contribution is 2.30. The molecule has 142 valence electrons. The van der Waals surface area contributed by atoms with Gasteiger partial charge in [0.15, 0.2) is 6.61 Å². The molecule has 0 bridgehead atoms. The molecule has 0 saturated heterocycles. The molecule has 1 aromatic heterocycles. The lowest BCUT2D eigenvalue weighted by molar-refractivity contribution is -0.124. The molecule has 0 saturated carbocycles. The zero-order valence-corrected chi connectivity index (χ0v) is 15.2. The SMILES string of the molecule is O=C(COC(=O)c1c2c(nc3ccccc13)CCC2)NCc1ccc(F)cc1. The maximum absolute atomic E-state index is 12.9. The van der Waals surface area contributed by atoms with Gasteiger partial charge in [0, 0.05) is 17.6 Å². The summed E-state index contributed by atoms with van der Waals surface area (Å²) in [4.78, 5) is 29.5. The van der Waals surface area contributed by atoms with Gasteiger partial charge in [-0.1, -0.05) is 30.3 Å². The predicted molar refractivity (Wildman–Crippen MR) is 102 cm³/mol. The van der Waals surface area contributed by atoms with Crippen molar-refractivity contribution in [2.24, 2.45) is 0 Å². The van der Waals surface area contributed by atoms with E-state index in [2.05, 4.69) is 10.3 Å². The van der Waals surface area contributed by atoms with E-state index in [1.54, 1.807) is 12.1 Å². The summed E-state index contributed by atoms with van der Waals surface area (Å²) in [7, 11) is 0. The Morgan fingerprint density at radius 2 is 1.86 bits per heavy atom. The van der Waals surface area contributed by atoms with Crippen molar-refractivity contribution in [3.05, 3.63) is 76.7 Å². The highest BCUT2D eigenvalue weighted by Gasteiger charge is 2.25. The lowest BCUT2D eigenvalue weighted by Crippen LogP contribution is -2.28. The van der Waals surface area contributed by atoms with Crippen molar-refractivity contribution in [2.45, 2.75) is 25.8 Å². The van der Waals surface area contributed by atoms with E-state index in [1.807, 2.05) is 24.3 Å². The third kappa shape index (κ3) is 3.71. The van der Waals surface area contributed by atoms with Crippen LogP contribution < -0.4 is 5.32 Å². The molecule has 4 rings (SSSR count). The number of carbonyl (C=O) groups excluding carboxylic acids is 2. The Hall–Kier alpha value is -3.28. The number of benzene rings is 2. The van der Waals surface area contributed by atoms with Crippen molar-refractivity contribution >= 4 is 22.8 Å². The molecule has 1 heterocycles. The van der Waals surface area contributed by atoms with Crippen molar-refractivity contribution in [3.8, 4) is 0 Å². The van der Waals surface area contributed by atoms with E-state index >= 15 is 0 Å². The molecule has 0 fully saturated rings. The second kappa shape index (κ2) is 7.76. The number of fused-ring (bicyclic) bond motifs is 2. The van der Waals surface area contributed by atoms with Gasteiger partial charge < -0.3 is 10.1 Å². The number of nitrogens with one attached hydrogen (secondary N) is 1. The fourth-order valence-corrected chi connectivity index (χ4v) is 3.50. The number of rotatable bonds is 5. The van der Waals surface area contributed by atoms with Gasteiger partial charge in [0.25, 0.3) is 5.91 Å². The van der Waals surface area contributed by atoms with Gasteiger partial charge in [-0.25, -0.2) is 9.18 Å². The summed E-state index contributed by atoms with van der Waals surface area (Å²) in [6.45, 7) is -0.129. The molecule has 0 spiro atoms. The fourth-order valence-electron chi connectivity index (χ4n) is 3.50. The van der Waals surface area contributed by atoms with Crippen molar-refractivity contribution in [1.29, 1.82) is 0 Å². The average Bonchev–Trinajstić information content (AvgIpc) is 3.17. The van der Waals surface area contributed by atoms with Crippen LogP contribution in [0.5, 0.6) is 0 Å².